The zero-order valence-electron chi connectivity index (χ0n) is 31.1. The van der Waals surface area contributed by atoms with E-state index >= 15 is 8.78 Å². The average molecular weight is 850 g/mol. The zero-order valence-corrected chi connectivity index (χ0v) is 31.9. The molecule has 0 bridgehead atoms. The number of aryl methyl sites for hydroxylation is 1. The van der Waals surface area contributed by atoms with Crippen LogP contribution >= 0.6 is 11.6 Å². The van der Waals surface area contributed by atoms with Crippen molar-refractivity contribution >= 4 is 45.3 Å². The van der Waals surface area contributed by atoms with E-state index in [0.717, 1.165) is 16.7 Å². The number of anilines is 1. The number of pyridine rings is 1. The highest BCUT2D eigenvalue weighted by atomic mass is 35.5. The number of hydrogen-bond donors (Lipinski definition) is 2. The van der Waals surface area contributed by atoms with Gasteiger partial charge in [-0.3, -0.25) is 23.5 Å². The van der Waals surface area contributed by atoms with Crippen molar-refractivity contribution in [1.82, 2.24) is 39.4 Å². The van der Waals surface area contributed by atoms with E-state index in [4.69, 9.17) is 16.3 Å². The Bertz CT molecular complexity index is 2710. The molecule has 4 aromatic heterocycles. The van der Waals surface area contributed by atoms with Gasteiger partial charge in [-0.2, -0.15) is 24.0 Å². The summed E-state index contributed by atoms with van der Waals surface area (Å²) in [5, 5.41) is 14.2. The molecule has 0 spiro atoms. The van der Waals surface area contributed by atoms with Gasteiger partial charge in [0.1, 0.15) is 35.4 Å². The number of alkyl halides is 6. The lowest BCUT2D eigenvalue weighted by Crippen LogP contribution is -2.38. The molecule has 310 valence electrons. The van der Waals surface area contributed by atoms with Gasteiger partial charge in [-0.25, -0.2) is 31.3 Å². The molecule has 59 heavy (non-hydrogen) atoms. The second-order valence-corrected chi connectivity index (χ2v) is 15.0. The monoisotopic (exact) mass is 849 g/mol. The Balaban J connectivity index is 1.30. The number of amides is 1. The van der Waals surface area contributed by atoms with Crippen LogP contribution in [0.25, 0.3) is 27.6 Å². The maximum atomic E-state index is 15.4. The first-order chi connectivity index (χ1) is 27.9. The normalized spacial score (nSPS) is 17.4. The smallest absolute Gasteiger partial charge is 0.293 e. The van der Waals surface area contributed by atoms with E-state index in [1.807, 2.05) is 0 Å². The van der Waals surface area contributed by atoms with Gasteiger partial charge in [0.2, 0.25) is 17.7 Å². The van der Waals surface area contributed by atoms with Crippen molar-refractivity contribution in [2.75, 3.05) is 19.0 Å². The number of nitrogens with one attached hydrogen (secondary N) is 2. The topological polar surface area (TPSA) is 134 Å². The molecule has 2 aliphatic rings. The number of carbonyl (C=O) groups excluding carboxylic acids is 1. The van der Waals surface area contributed by atoms with Crippen LogP contribution in [0.2, 0.25) is 5.02 Å². The number of hydrogen-bond acceptors (Lipinski definition) is 8. The van der Waals surface area contributed by atoms with Crippen molar-refractivity contribution in [2.24, 2.45) is 13.0 Å². The van der Waals surface area contributed by atoms with E-state index in [1.54, 1.807) is 14.1 Å². The summed E-state index contributed by atoms with van der Waals surface area (Å²) in [4.78, 5) is 37.6. The van der Waals surface area contributed by atoms with Crippen molar-refractivity contribution in [3.05, 3.63) is 97.8 Å². The number of halogens is 9. The minimum Gasteiger partial charge on any atom is -0.477 e. The number of nitrogens with zero attached hydrogens (tertiary/aromatic N) is 7. The Hall–Kier alpha value is -5.79. The van der Waals surface area contributed by atoms with Gasteiger partial charge in [-0.1, -0.05) is 11.6 Å². The van der Waals surface area contributed by atoms with Crippen molar-refractivity contribution in [2.45, 2.75) is 63.0 Å². The predicted molar refractivity (Wildman–Crippen MR) is 198 cm³/mol. The molecule has 2 aromatic carbocycles. The van der Waals surface area contributed by atoms with Gasteiger partial charge >= 0.3 is 0 Å². The molecule has 8 rings (SSSR count). The first-order valence-corrected chi connectivity index (χ1v) is 18.5. The third kappa shape index (κ3) is 7.20. The molecule has 0 aliphatic heterocycles. The third-order valence-electron chi connectivity index (χ3n) is 10.4. The quantitative estimate of drug-likeness (QED) is 0.114. The lowest BCUT2D eigenvalue weighted by atomic mass is 10.0. The molecule has 0 unspecified atom stereocenters. The number of ether oxygens (including phenoxy) is 1. The molecular formula is C38H32ClF8N9O3. The van der Waals surface area contributed by atoms with Gasteiger partial charge in [0.05, 0.1) is 39.6 Å². The standard InChI is InChI=1S/C38H32ClF8N9O3/c1-37(44,45)8-9-59-26-7-4-19-33(50-26)51-35(56(36(19)58)24-6-5-22(39)28-30(24)54(3)53-34(28)48-2)23(12-16-10-17(40)13-18(41)11-16)49-25(57)15-55-31-27(29(52-55)32(42)43)20-14-21(20)38(31,46)47/h4-7,10-11,13,20-21,23,32H,8-9,12,14-15H2,1-3H3,(H,48,53)(H,49,57)/t20-,21+,23-/m0/s1. The number of benzene rings is 2. The first-order valence-electron chi connectivity index (χ1n) is 18.1. The van der Waals surface area contributed by atoms with Crippen molar-refractivity contribution in [3.8, 4) is 11.6 Å². The van der Waals surface area contributed by atoms with Crippen LogP contribution in [0.15, 0.2) is 47.3 Å². The molecule has 2 aliphatic carbocycles. The Morgan fingerprint density at radius 3 is 2.49 bits per heavy atom. The highest BCUT2D eigenvalue weighted by Gasteiger charge is 2.67. The molecule has 12 nitrogen and oxygen atoms in total. The van der Waals surface area contributed by atoms with E-state index < -0.39 is 96.6 Å². The molecular weight excluding hydrogens is 818 g/mol. The van der Waals surface area contributed by atoms with E-state index in [1.165, 1.54) is 28.9 Å². The van der Waals surface area contributed by atoms with Crippen LogP contribution in [0.5, 0.6) is 5.88 Å². The first kappa shape index (κ1) is 40.0. The Kier molecular flexibility index (Phi) is 9.83. The summed E-state index contributed by atoms with van der Waals surface area (Å²) in [5.41, 5.74) is -2.69. The predicted octanol–water partition coefficient (Wildman–Crippen LogP) is 7.51. The molecule has 1 saturated carbocycles. The fourth-order valence-corrected chi connectivity index (χ4v) is 8.03. The largest absolute Gasteiger partial charge is 0.477 e. The van der Waals surface area contributed by atoms with Crippen LogP contribution < -0.4 is 20.9 Å². The molecule has 4 heterocycles. The van der Waals surface area contributed by atoms with Gasteiger partial charge < -0.3 is 15.4 Å². The summed E-state index contributed by atoms with van der Waals surface area (Å²) < 4.78 is 124. The van der Waals surface area contributed by atoms with Crippen LogP contribution in [0.3, 0.4) is 0 Å². The number of rotatable bonds is 13. The van der Waals surface area contributed by atoms with Gasteiger partial charge in [-0.15, -0.1) is 0 Å². The summed E-state index contributed by atoms with van der Waals surface area (Å²) >= 11 is 6.61. The highest BCUT2D eigenvalue weighted by molar-refractivity contribution is 6.36. The van der Waals surface area contributed by atoms with E-state index in [9.17, 15) is 35.9 Å². The van der Waals surface area contributed by atoms with Crippen LogP contribution in [-0.4, -0.2) is 59.6 Å². The maximum absolute atomic E-state index is 15.4. The minimum absolute atomic E-state index is 0.00858. The van der Waals surface area contributed by atoms with E-state index in [2.05, 4.69) is 30.8 Å². The number of carbonyl (C=O) groups is 1. The molecule has 0 saturated heterocycles. The van der Waals surface area contributed by atoms with Crippen LogP contribution in [0.4, 0.5) is 40.9 Å². The maximum Gasteiger partial charge on any atom is 0.293 e. The SMILES string of the molecule is CNc1nn(C)c2c(-n3c([C@H](Cc4cc(F)cc(F)c4)NC(=O)Cn4nc(C(F)F)c5c4C(F)(F)[C@@H]4C[C@H]54)nc4nc(OCCC(C)(F)F)ccc4c3=O)ccc(Cl)c12. The number of fused-ring (bicyclic) bond motifs is 5. The van der Waals surface area contributed by atoms with Crippen molar-refractivity contribution in [3.63, 3.8) is 0 Å². The van der Waals surface area contributed by atoms with Crippen LogP contribution in [0, 0.1) is 17.6 Å². The second-order valence-electron chi connectivity index (χ2n) is 14.6. The van der Waals surface area contributed by atoms with E-state index in [0.29, 0.717) is 28.9 Å². The van der Waals surface area contributed by atoms with Gasteiger partial charge in [0.25, 0.3) is 17.9 Å². The van der Waals surface area contributed by atoms with Crippen molar-refractivity contribution in [1.29, 1.82) is 0 Å². The lowest BCUT2D eigenvalue weighted by Gasteiger charge is -2.24. The molecule has 3 atom stereocenters. The molecule has 6 aromatic rings. The number of aromatic nitrogens is 7. The summed E-state index contributed by atoms with van der Waals surface area (Å²) in [7, 11) is 3.16. The minimum atomic E-state index is -3.55. The Labute approximate surface area is 333 Å². The third-order valence-corrected chi connectivity index (χ3v) is 10.7. The molecule has 1 fully saturated rings. The fraction of sp³-hybridized carbons (Fsp3) is 0.368. The summed E-state index contributed by atoms with van der Waals surface area (Å²) in [6.45, 7) is -0.745. The summed E-state index contributed by atoms with van der Waals surface area (Å²) in [6.07, 6.45) is -4.36. The molecule has 2 N–H and O–H groups in total. The average Bonchev–Trinajstić information content (AvgIpc) is 3.67. The second kappa shape index (κ2) is 14.5. The fourth-order valence-electron chi connectivity index (χ4n) is 7.79. The molecule has 21 heteroatoms. The van der Waals surface area contributed by atoms with Gasteiger partial charge in [0, 0.05) is 50.6 Å². The summed E-state index contributed by atoms with van der Waals surface area (Å²) in [5.74, 6) is -11.9. The lowest BCUT2D eigenvalue weighted by molar-refractivity contribution is -0.123. The van der Waals surface area contributed by atoms with Gasteiger partial charge in [0.15, 0.2) is 11.5 Å². The van der Waals surface area contributed by atoms with Gasteiger partial charge in [-0.05, 0) is 55.2 Å². The Morgan fingerprint density at radius 1 is 1.08 bits per heavy atom. The zero-order chi connectivity index (χ0) is 42.3. The van der Waals surface area contributed by atoms with Crippen LogP contribution in [0.1, 0.15) is 66.5 Å². The Morgan fingerprint density at radius 2 is 1.81 bits per heavy atom. The molecule has 1 amide bonds. The highest BCUT2D eigenvalue weighted by Crippen LogP contribution is 2.68. The summed E-state index contributed by atoms with van der Waals surface area (Å²) in [6, 6.07) is 6.50. The molecule has 0 radical (unpaired) electrons. The van der Waals surface area contributed by atoms with Crippen LogP contribution in [-0.2, 0) is 30.7 Å². The van der Waals surface area contributed by atoms with E-state index in [-0.39, 0.29) is 56.5 Å². The van der Waals surface area contributed by atoms with Crippen molar-refractivity contribution < 1.29 is 44.7 Å².